The van der Waals surface area contributed by atoms with Crippen LogP contribution in [0.5, 0.6) is 0 Å². The first-order valence-corrected chi connectivity index (χ1v) is 5.89. The lowest BCUT2D eigenvalue weighted by Crippen LogP contribution is -2.25. The summed E-state index contributed by atoms with van der Waals surface area (Å²) < 4.78 is 27.1. The van der Waals surface area contributed by atoms with Crippen LogP contribution in [0.2, 0.25) is 0 Å². The standard InChI is InChI=1S/C7H15NO3S/c1-2-7-12(9,10)11-8-5-3-4-6-8/h2-7H2,1H3. The smallest absolute Gasteiger partial charge is 0.198 e. The summed E-state index contributed by atoms with van der Waals surface area (Å²) in [5.41, 5.74) is 0. The van der Waals surface area contributed by atoms with Gasteiger partial charge in [-0.3, -0.25) is 0 Å². The summed E-state index contributed by atoms with van der Waals surface area (Å²) in [7, 11) is -3.29. The van der Waals surface area contributed by atoms with Crippen molar-refractivity contribution in [2.24, 2.45) is 0 Å². The zero-order chi connectivity index (χ0) is 9.03. The highest BCUT2D eigenvalue weighted by Crippen LogP contribution is 2.10. The molecular weight excluding hydrogens is 178 g/mol. The van der Waals surface area contributed by atoms with Gasteiger partial charge < -0.3 is 0 Å². The third kappa shape index (κ3) is 3.08. The molecule has 0 aromatic rings. The van der Waals surface area contributed by atoms with Crippen LogP contribution in [0.25, 0.3) is 0 Å². The first-order valence-electron chi connectivity index (χ1n) is 4.31. The fraction of sp³-hybridized carbons (Fsp3) is 1.00. The van der Waals surface area contributed by atoms with Gasteiger partial charge in [-0.25, -0.2) is 0 Å². The number of nitrogens with zero attached hydrogens (tertiary/aromatic N) is 1. The van der Waals surface area contributed by atoms with Gasteiger partial charge in [0.15, 0.2) is 0 Å². The van der Waals surface area contributed by atoms with E-state index in [1.54, 1.807) is 0 Å². The van der Waals surface area contributed by atoms with Gasteiger partial charge in [0.05, 0.1) is 5.75 Å². The minimum absolute atomic E-state index is 0.115. The largest absolute Gasteiger partial charge is 0.283 e. The second-order valence-corrected chi connectivity index (χ2v) is 4.65. The van der Waals surface area contributed by atoms with Crippen molar-refractivity contribution < 1.29 is 12.7 Å². The van der Waals surface area contributed by atoms with Crippen LogP contribution in [-0.2, 0) is 14.4 Å². The van der Waals surface area contributed by atoms with Crippen molar-refractivity contribution in [2.45, 2.75) is 26.2 Å². The molecule has 1 heterocycles. The highest BCUT2D eigenvalue weighted by molar-refractivity contribution is 7.86. The van der Waals surface area contributed by atoms with Gasteiger partial charge in [-0.2, -0.15) is 17.8 Å². The topological polar surface area (TPSA) is 46.6 Å². The van der Waals surface area contributed by atoms with Gasteiger partial charge >= 0.3 is 0 Å². The molecule has 1 fully saturated rings. The Morgan fingerprint density at radius 3 is 2.42 bits per heavy atom. The molecule has 1 aliphatic rings. The van der Waals surface area contributed by atoms with Crippen molar-refractivity contribution in [1.29, 1.82) is 0 Å². The van der Waals surface area contributed by atoms with E-state index < -0.39 is 10.1 Å². The maximum Gasteiger partial charge on any atom is 0.283 e. The maximum absolute atomic E-state index is 11.1. The van der Waals surface area contributed by atoms with Gasteiger partial charge in [-0.15, -0.1) is 0 Å². The van der Waals surface area contributed by atoms with E-state index >= 15 is 0 Å². The second-order valence-electron chi connectivity index (χ2n) is 2.97. The lowest BCUT2D eigenvalue weighted by molar-refractivity contribution is -0.0269. The molecule has 12 heavy (non-hydrogen) atoms. The van der Waals surface area contributed by atoms with Crippen LogP contribution in [0.3, 0.4) is 0 Å². The Bertz CT molecular complexity index is 219. The number of hydrogen-bond donors (Lipinski definition) is 0. The summed E-state index contributed by atoms with van der Waals surface area (Å²) in [6.07, 6.45) is 2.67. The average Bonchev–Trinajstić information content (AvgIpc) is 2.38. The van der Waals surface area contributed by atoms with Crippen LogP contribution in [0, 0.1) is 0 Å². The first kappa shape index (κ1) is 9.95. The molecule has 0 aliphatic carbocycles. The molecule has 4 nitrogen and oxygen atoms in total. The zero-order valence-electron chi connectivity index (χ0n) is 7.32. The Morgan fingerprint density at radius 1 is 1.33 bits per heavy atom. The molecule has 72 valence electrons. The quantitative estimate of drug-likeness (QED) is 0.661. The number of hydrogen-bond acceptors (Lipinski definition) is 4. The van der Waals surface area contributed by atoms with Crippen LogP contribution in [-0.4, -0.2) is 32.3 Å². The molecule has 0 spiro atoms. The molecule has 0 atom stereocenters. The molecule has 5 heteroatoms. The van der Waals surface area contributed by atoms with Crippen molar-refractivity contribution in [3.8, 4) is 0 Å². The summed E-state index contributed by atoms with van der Waals surface area (Å²) in [4.78, 5) is 0. The number of hydroxylamine groups is 2. The van der Waals surface area contributed by atoms with Gasteiger partial charge in [0.25, 0.3) is 10.1 Å². The Kier molecular flexibility index (Phi) is 3.49. The van der Waals surface area contributed by atoms with Crippen molar-refractivity contribution in [3.05, 3.63) is 0 Å². The SMILES string of the molecule is CCCS(=O)(=O)ON1CCCC1. The highest BCUT2D eigenvalue weighted by Gasteiger charge is 2.19. The molecule has 0 amide bonds. The van der Waals surface area contributed by atoms with E-state index in [-0.39, 0.29) is 5.75 Å². The molecule has 0 unspecified atom stereocenters. The molecule has 1 aliphatic heterocycles. The predicted octanol–water partition coefficient (Wildman–Crippen LogP) is 0.754. The van der Waals surface area contributed by atoms with Gasteiger partial charge in [0.2, 0.25) is 0 Å². The van der Waals surface area contributed by atoms with Crippen LogP contribution in [0.1, 0.15) is 26.2 Å². The fourth-order valence-corrected chi connectivity index (χ4v) is 2.26. The minimum atomic E-state index is -3.29. The molecule has 0 saturated carbocycles. The monoisotopic (exact) mass is 193 g/mol. The summed E-state index contributed by atoms with van der Waals surface area (Å²) in [5.74, 6) is 0.115. The Hall–Kier alpha value is -0.130. The van der Waals surface area contributed by atoms with Gasteiger partial charge in [-0.1, -0.05) is 6.92 Å². The first-order chi connectivity index (χ1) is 5.64. The van der Waals surface area contributed by atoms with E-state index in [2.05, 4.69) is 0 Å². The van der Waals surface area contributed by atoms with Crippen LogP contribution in [0.15, 0.2) is 0 Å². The molecule has 0 radical (unpaired) electrons. The van der Waals surface area contributed by atoms with E-state index in [0.717, 1.165) is 25.9 Å². The second kappa shape index (κ2) is 4.20. The fourth-order valence-electron chi connectivity index (χ4n) is 1.21. The Labute approximate surface area is 73.6 Å². The van der Waals surface area contributed by atoms with E-state index in [9.17, 15) is 8.42 Å². The number of rotatable bonds is 4. The highest BCUT2D eigenvalue weighted by atomic mass is 32.2. The van der Waals surface area contributed by atoms with Crippen LogP contribution >= 0.6 is 0 Å². The van der Waals surface area contributed by atoms with Gasteiger partial charge in [0, 0.05) is 13.1 Å². The average molecular weight is 193 g/mol. The van der Waals surface area contributed by atoms with Crippen LogP contribution in [0.4, 0.5) is 0 Å². The van der Waals surface area contributed by atoms with Gasteiger partial charge in [-0.05, 0) is 19.3 Å². The van der Waals surface area contributed by atoms with E-state index in [1.165, 1.54) is 5.06 Å². The van der Waals surface area contributed by atoms with Crippen molar-refractivity contribution in [1.82, 2.24) is 5.06 Å². The summed E-state index contributed by atoms with van der Waals surface area (Å²) >= 11 is 0. The van der Waals surface area contributed by atoms with E-state index in [1.807, 2.05) is 6.92 Å². The molecule has 1 saturated heterocycles. The van der Waals surface area contributed by atoms with E-state index in [0.29, 0.717) is 6.42 Å². The molecular formula is C7H15NO3S. The Balaban J connectivity index is 2.38. The third-order valence-corrected chi connectivity index (χ3v) is 3.08. The lowest BCUT2D eigenvalue weighted by atomic mass is 10.4. The molecule has 0 N–H and O–H groups in total. The normalized spacial score (nSPS) is 20.1. The molecule has 0 aromatic carbocycles. The lowest BCUT2D eigenvalue weighted by Gasteiger charge is -2.13. The summed E-state index contributed by atoms with van der Waals surface area (Å²) in [5, 5.41) is 1.53. The predicted molar refractivity (Wildman–Crippen MR) is 46.0 cm³/mol. The van der Waals surface area contributed by atoms with Crippen molar-refractivity contribution >= 4 is 10.1 Å². The summed E-state index contributed by atoms with van der Waals surface area (Å²) in [6.45, 7) is 3.30. The Morgan fingerprint density at radius 2 is 1.92 bits per heavy atom. The minimum Gasteiger partial charge on any atom is -0.198 e. The molecule has 1 rings (SSSR count). The summed E-state index contributed by atoms with van der Waals surface area (Å²) in [6, 6.07) is 0. The van der Waals surface area contributed by atoms with Crippen molar-refractivity contribution in [2.75, 3.05) is 18.8 Å². The molecule has 0 bridgehead atoms. The van der Waals surface area contributed by atoms with E-state index in [4.69, 9.17) is 4.28 Å². The maximum atomic E-state index is 11.1. The van der Waals surface area contributed by atoms with Gasteiger partial charge in [0.1, 0.15) is 0 Å². The van der Waals surface area contributed by atoms with Crippen molar-refractivity contribution in [3.63, 3.8) is 0 Å². The third-order valence-electron chi connectivity index (χ3n) is 1.74. The van der Waals surface area contributed by atoms with Crippen LogP contribution < -0.4 is 0 Å². The molecule has 0 aromatic heterocycles. The zero-order valence-corrected chi connectivity index (χ0v) is 8.14.